The van der Waals surface area contributed by atoms with Crippen molar-refractivity contribution in [1.29, 1.82) is 0 Å². The van der Waals surface area contributed by atoms with E-state index < -0.39 is 0 Å². The summed E-state index contributed by atoms with van der Waals surface area (Å²) in [7, 11) is 0. The number of hydrogen-bond acceptors (Lipinski definition) is 1. The second-order valence-electron chi connectivity index (χ2n) is 4.62. The topological polar surface area (TPSA) is 29.1 Å². The van der Waals surface area contributed by atoms with Gasteiger partial charge in [-0.2, -0.15) is 0 Å². The molecule has 0 atom stereocenters. The number of nitrogens with one attached hydrogen (secondary N) is 1. The molecular formula is C17H11Cl2NO. The molecule has 104 valence electrons. The second kappa shape index (κ2) is 5.76. The Morgan fingerprint density at radius 3 is 2.43 bits per heavy atom. The number of halogens is 2. The summed E-state index contributed by atoms with van der Waals surface area (Å²) in [6.07, 6.45) is 0. The van der Waals surface area contributed by atoms with Crippen molar-refractivity contribution >= 4 is 45.6 Å². The number of fused-ring (bicyclic) bond motifs is 1. The van der Waals surface area contributed by atoms with Crippen LogP contribution in [0.15, 0.2) is 60.7 Å². The minimum atomic E-state index is -0.280. The fourth-order valence-electron chi connectivity index (χ4n) is 2.14. The zero-order chi connectivity index (χ0) is 14.8. The molecule has 3 aromatic carbocycles. The first-order chi connectivity index (χ1) is 10.1. The summed E-state index contributed by atoms with van der Waals surface area (Å²) >= 11 is 12.0. The van der Waals surface area contributed by atoms with E-state index in [0.717, 1.165) is 16.5 Å². The Bertz CT molecular complexity index is 830. The van der Waals surface area contributed by atoms with Crippen LogP contribution in [0.3, 0.4) is 0 Å². The first-order valence-corrected chi connectivity index (χ1v) is 7.15. The molecule has 1 amide bonds. The maximum absolute atomic E-state index is 12.3. The smallest absolute Gasteiger partial charge is 0.257 e. The van der Waals surface area contributed by atoms with Gasteiger partial charge in [0.1, 0.15) is 0 Å². The van der Waals surface area contributed by atoms with E-state index in [1.807, 2.05) is 42.5 Å². The van der Waals surface area contributed by atoms with Crippen LogP contribution in [0.5, 0.6) is 0 Å². The van der Waals surface area contributed by atoms with Crippen LogP contribution in [0.25, 0.3) is 10.8 Å². The minimum Gasteiger partial charge on any atom is -0.322 e. The average molecular weight is 316 g/mol. The number of hydrogen-bond donors (Lipinski definition) is 1. The highest BCUT2D eigenvalue weighted by atomic mass is 35.5. The third-order valence-corrected chi connectivity index (χ3v) is 4.02. The molecule has 21 heavy (non-hydrogen) atoms. The Morgan fingerprint density at radius 1 is 0.857 bits per heavy atom. The molecule has 0 spiro atoms. The lowest BCUT2D eigenvalue weighted by Gasteiger charge is -2.08. The molecule has 0 aliphatic rings. The van der Waals surface area contributed by atoms with Crippen molar-refractivity contribution in [3.8, 4) is 0 Å². The van der Waals surface area contributed by atoms with E-state index >= 15 is 0 Å². The summed E-state index contributed by atoms with van der Waals surface area (Å²) in [5.74, 6) is -0.280. The predicted octanol–water partition coefficient (Wildman–Crippen LogP) is 5.40. The Labute approximate surface area is 132 Å². The summed E-state index contributed by atoms with van der Waals surface area (Å²) in [4.78, 5) is 12.3. The summed E-state index contributed by atoms with van der Waals surface area (Å²) in [5.41, 5.74) is 1.08. The minimum absolute atomic E-state index is 0.262. The van der Waals surface area contributed by atoms with Crippen LogP contribution in [0.1, 0.15) is 10.4 Å². The highest BCUT2D eigenvalue weighted by molar-refractivity contribution is 6.44. The number of rotatable bonds is 2. The largest absolute Gasteiger partial charge is 0.322 e. The van der Waals surface area contributed by atoms with Crippen LogP contribution >= 0.6 is 23.2 Å². The van der Waals surface area contributed by atoms with E-state index in [4.69, 9.17) is 23.2 Å². The zero-order valence-corrected chi connectivity index (χ0v) is 12.4. The van der Waals surface area contributed by atoms with E-state index in [-0.39, 0.29) is 10.9 Å². The standard InChI is InChI=1S/C17H11Cl2NO/c18-15-7-3-6-14(16(15)19)17(21)20-13-9-8-11-4-1-2-5-12(11)10-13/h1-10H,(H,20,21). The molecule has 1 N–H and O–H groups in total. The highest BCUT2D eigenvalue weighted by Gasteiger charge is 2.12. The SMILES string of the molecule is O=C(Nc1ccc2ccccc2c1)c1cccc(Cl)c1Cl. The van der Waals surface area contributed by atoms with E-state index in [0.29, 0.717) is 10.6 Å². The van der Waals surface area contributed by atoms with Gasteiger partial charge in [0, 0.05) is 5.69 Å². The Morgan fingerprint density at radius 2 is 1.62 bits per heavy atom. The number of anilines is 1. The van der Waals surface area contributed by atoms with E-state index in [1.165, 1.54) is 0 Å². The van der Waals surface area contributed by atoms with Crippen LogP contribution in [0.4, 0.5) is 5.69 Å². The van der Waals surface area contributed by atoms with Crippen LogP contribution < -0.4 is 5.32 Å². The molecule has 0 fully saturated rings. The quantitative estimate of drug-likeness (QED) is 0.674. The van der Waals surface area contributed by atoms with Crippen molar-refractivity contribution < 1.29 is 4.79 Å². The molecule has 0 saturated heterocycles. The third kappa shape index (κ3) is 2.87. The molecule has 3 aromatic rings. The van der Waals surface area contributed by atoms with E-state index in [2.05, 4.69) is 5.32 Å². The number of benzene rings is 3. The van der Waals surface area contributed by atoms with Gasteiger partial charge in [0.2, 0.25) is 0 Å². The molecular weight excluding hydrogens is 305 g/mol. The van der Waals surface area contributed by atoms with Gasteiger partial charge in [-0.3, -0.25) is 4.79 Å². The molecule has 0 bridgehead atoms. The third-order valence-electron chi connectivity index (χ3n) is 3.20. The number of carbonyl (C=O) groups is 1. The van der Waals surface area contributed by atoms with Gasteiger partial charge in [0.05, 0.1) is 15.6 Å². The van der Waals surface area contributed by atoms with Crippen LogP contribution in [0.2, 0.25) is 10.0 Å². The molecule has 4 heteroatoms. The predicted molar refractivity (Wildman–Crippen MR) is 88.4 cm³/mol. The lowest BCUT2D eigenvalue weighted by atomic mass is 10.1. The fraction of sp³-hybridized carbons (Fsp3) is 0. The molecule has 2 nitrogen and oxygen atoms in total. The van der Waals surface area contributed by atoms with Gasteiger partial charge < -0.3 is 5.32 Å². The van der Waals surface area contributed by atoms with Crippen molar-refractivity contribution in [1.82, 2.24) is 0 Å². The first-order valence-electron chi connectivity index (χ1n) is 6.39. The monoisotopic (exact) mass is 315 g/mol. The van der Waals surface area contributed by atoms with E-state index in [1.54, 1.807) is 18.2 Å². The first kappa shape index (κ1) is 13.9. The van der Waals surface area contributed by atoms with Gasteiger partial charge in [-0.1, -0.05) is 59.6 Å². The van der Waals surface area contributed by atoms with Gasteiger partial charge in [0.15, 0.2) is 0 Å². The van der Waals surface area contributed by atoms with Gasteiger partial charge in [-0.05, 0) is 35.0 Å². The molecule has 0 aromatic heterocycles. The normalized spacial score (nSPS) is 10.6. The molecule has 3 rings (SSSR count). The molecule has 0 aliphatic carbocycles. The van der Waals surface area contributed by atoms with Gasteiger partial charge in [0.25, 0.3) is 5.91 Å². The Hall–Kier alpha value is -2.03. The highest BCUT2D eigenvalue weighted by Crippen LogP contribution is 2.26. The summed E-state index contributed by atoms with van der Waals surface area (Å²) < 4.78 is 0. The van der Waals surface area contributed by atoms with Crippen molar-refractivity contribution in [3.05, 3.63) is 76.3 Å². The summed E-state index contributed by atoms with van der Waals surface area (Å²) in [6.45, 7) is 0. The lowest BCUT2D eigenvalue weighted by molar-refractivity contribution is 0.102. The molecule has 0 aliphatic heterocycles. The van der Waals surface area contributed by atoms with Crippen LogP contribution in [0, 0.1) is 0 Å². The van der Waals surface area contributed by atoms with Crippen molar-refractivity contribution in [2.75, 3.05) is 5.32 Å². The summed E-state index contributed by atoms with van der Waals surface area (Å²) in [6, 6.07) is 18.7. The Balaban J connectivity index is 1.91. The molecule has 0 radical (unpaired) electrons. The Kier molecular flexibility index (Phi) is 3.82. The van der Waals surface area contributed by atoms with Gasteiger partial charge in [-0.25, -0.2) is 0 Å². The van der Waals surface area contributed by atoms with Gasteiger partial charge >= 0.3 is 0 Å². The number of amides is 1. The second-order valence-corrected chi connectivity index (χ2v) is 5.40. The van der Waals surface area contributed by atoms with Crippen LogP contribution in [-0.2, 0) is 0 Å². The van der Waals surface area contributed by atoms with Crippen molar-refractivity contribution in [2.45, 2.75) is 0 Å². The zero-order valence-electron chi connectivity index (χ0n) is 10.9. The molecule has 0 unspecified atom stereocenters. The maximum atomic E-state index is 12.3. The maximum Gasteiger partial charge on any atom is 0.257 e. The van der Waals surface area contributed by atoms with E-state index in [9.17, 15) is 4.79 Å². The van der Waals surface area contributed by atoms with Gasteiger partial charge in [-0.15, -0.1) is 0 Å². The van der Waals surface area contributed by atoms with Crippen molar-refractivity contribution in [2.24, 2.45) is 0 Å². The van der Waals surface area contributed by atoms with Crippen molar-refractivity contribution in [3.63, 3.8) is 0 Å². The van der Waals surface area contributed by atoms with Crippen LogP contribution in [-0.4, -0.2) is 5.91 Å². The average Bonchev–Trinajstić information content (AvgIpc) is 2.50. The molecule has 0 heterocycles. The fourth-order valence-corrected chi connectivity index (χ4v) is 2.53. The summed E-state index contributed by atoms with van der Waals surface area (Å²) in [5, 5.41) is 5.65. The molecule has 0 saturated carbocycles. The lowest BCUT2D eigenvalue weighted by Crippen LogP contribution is -2.12. The number of carbonyl (C=O) groups excluding carboxylic acids is 1.